The number of carbonyl (C=O) groups excluding carboxylic acids is 1. The second kappa shape index (κ2) is 9.41. The van der Waals surface area contributed by atoms with Gasteiger partial charge < -0.3 is 10.1 Å². The van der Waals surface area contributed by atoms with E-state index >= 15 is 0 Å². The molecule has 0 spiro atoms. The molecule has 0 radical (unpaired) electrons. The lowest BCUT2D eigenvalue weighted by Crippen LogP contribution is -2.29. The molecule has 0 saturated carbocycles. The third-order valence-electron chi connectivity index (χ3n) is 4.30. The van der Waals surface area contributed by atoms with Gasteiger partial charge in [0.2, 0.25) is 5.91 Å². The van der Waals surface area contributed by atoms with Crippen LogP contribution in [0.3, 0.4) is 0 Å². The first-order chi connectivity index (χ1) is 13.5. The van der Waals surface area contributed by atoms with Crippen LogP contribution in [-0.4, -0.2) is 39.6 Å². The third kappa shape index (κ3) is 5.36. The zero-order valence-corrected chi connectivity index (χ0v) is 17.1. The Morgan fingerprint density at radius 2 is 2.00 bits per heavy atom. The van der Waals surface area contributed by atoms with E-state index in [4.69, 9.17) is 4.74 Å². The molecule has 6 nitrogen and oxygen atoms in total. The normalized spacial score (nSPS) is 10.7. The van der Waals surface area contributed by atoms with Crippen LogP contribution in [0.25, 0.3) is 5.69 Å². The van der Waals surface area contributed by atoms with Gasteiger partial charge >= 0.3 is 0 Å². The van der Waals surface area contributed by atoms with Crippen molar-refractivity contribution in [2.75, 3.05) is 18.9 Å². The van der Waals surface area contributed by atoms with Crippen LogP contribution in [0.2, 0.25) is 0 Å². The Hall–Kier alpha value is -2.80. The highest BCUT2D eigenvalue weighted by Gasteiger charge is 2.10. The van der Waals surface area contributed by atoms with Gasteiger partial charge in [0.25, 0.3) is 0 Å². The number of benzene rings is 2. The van der Waals surface area contributed by atoms with Crippen LogP contribution in [0, 0.1) is 20.8 Å². The lowest BCUT2D eigenvalue weighted by atomic mass is 10.1. The molecule has 1 aromatic heterocycles. The minimum atomic E-state index is -0.0625. The minimum absolute atomic E-state index is 0.0625. The van der Waals surface area contributed by atoms with E-state index in [0.29, 0.717) is 18.3 Å². The summed E-state index contributed by atoms with van der Waals surface area (Å²) in [6.07, 6.45) is 1.67. The van der Waals surface area contributed by atoms with E-state index in [1.165, 1.54) is 22.9 Å². The molecule has 3 aromatic rings. The van der Waals surface area contributed by atoms with Crippen molar-refractivity contribution >= 4 is 17.7 Å². The Labute approximate surface area is 169 Å². The summed E-state index contributed by atoms with van der Waals surface area (Å²) >= 11 is 1.36. The molecule has 0 aliphatic carbocycles. The summed E-state index contributed by atoms with van der Waals surface area (Å²) in [5, 5.41) is 11.7. The fourth-order valence-electron chi connectivity index (χ4n) is 2.62. The first kappa shape index (κ1) is 19.9. The van der Waals surface area contributed by atoms with Crippen LogP contribution in [-0.2, 0) is 4.79 Å². The zero-order chi connectivity index (χ0) is 19.9. The van der Waals surface area contributed by atoms with Gasteiger partial charge in [0.15, 0.2) is 5.16 Å². The van der Waals surface area contributed by atoms with Gasteiger partial charge in [0.1, 0.15) is 18.7 Å². The van der Waals surface area contributed by atoms with E-state index in [2.05, 4.69) is 41.5 Å². The number of amides is 1. The Kier molecular flexibility index (Phi) is 6.71. The molecule has 146 valence electrons. The number of hydrogen-bond donors (Lipinski definition) is 1. The van der Waals surface area contributed by atoms with Gasteiger partial charge in [-0.05, 0) is 61.7 Å². The summed E-state index contributed by atoms with van der Waals surface area (Å²) in [6, 6.07) is 14.0. The largest absolute Gasteiger partial charge is 0.492 e. The fraction of sp³-hybridized carbons (Fsp3) is 0.286. The monoisotopic (exact) mass is 396 g/mol. The zero-order valence-electron chi connectivity index (χ0n) is 16.3. The van der Waals surface area contributed by atoms with Crippen LogP contribution in [0.4, 0.5) is 0 Å². The number of rotatable bonds is 8. The molecule has 0 atom stereocenters. The van der Waals surface area contributed by atoms with Crippen LogP contribution < -0.4 is 10.1 Å². The summed E-state index contributed by atoms with van der Waals surface area (Å²) in [5.74, 6) is 1.02. The van der Waals surface area contributed by atoms with Gasteiger partial charge in [0.05, 0.1) is 12.3 Å². The van der Waals surface area contributed by atoms with E-state index in [-0.39, 0.29) is 11.7 Å². The van der Waals surface area contributed by atoms with Gasteiger partial charge in [-0.25, -0.2) is 0 Å². The third-order valence-corrected chi connectivity index (χ3v) is 5.24. The first-order valence-corrected chi connectivity index (χ1v) is 10.1. The van der Waals surface area contributed by atoms with Gasteiger partial charge in [-0.1, -0.05) is 30.0 Å². The topological polar surface area (TPSA) is 69.0 Å². The average molecular weight is 397 g/mol. The van der Waals surface area contributed by atoms with Crippen molar-refractivity contribution in [3.8, 4) is 11.4 Å². The van der Waals surface area contributed by atoms with E-state index in [1.807, 2.05) is 41.8 Å². The maximum Gasteiger partial charge on any atom is 0.230 e. The maximum atomic E-state index is 12.1. The molecule has 0 bridgehead atoms. The van der Waals surface area contributed by atoms with Crippen LogP contribution in [0.5, 0.6) is 5.75 Å². The van der Waals surface area contributed by atoms with Crippen LogP contribution in [0.15, 0.2) is 53.9 Å². The number of thioether (sulfide) groups is 1. The lowest BCUT2D eigenvalue weighted by molar-refractivity contribution is -0.118. The molecule has 1 N–H and O–H groups in total. The molecule has 0 unspecified atom stereocenters. The molecular formula is C21H24N4O2S. The fourth-order valence-corrected chi connectivity index (χ4v) is 3.38. The van der Waals surface area contributed by atoms with Gasteiger partial charge in [-0.15, -0.1) is 10.2 Å². The van der Waals surface area contributed by atoms with Crippen LogP contribution in [0.1, 0.15) is 16.7 Å². The molecule has 2 aromatic carbocycles. The SMILES string of the molecule is Cc1cccc(OCCNC(=O)CSc2nncn2-c2ccc(C)c(C)c2)c1. The number of nitrogens with zero attached hydrogens (tertiary/aromatic N) is 3. The average Bonchev–Trinajstić information content (AvgIpc) is 3.14. The number of aromatic nitrogens is 3. The second-order valence-corrected chi connectivity index (χ2v) is 7.50. The lowest BCUT2D eigenvalue weighted by Gasteiger charge is -2.09. The Balaban J connectivity index is 1.46. The highest BCUT2D eigenvalue weighted by Crippen LogP contribution is 2.21. The van der Waals surface area contributed by atoms with E-state index in [1.54, 1.807) is 6.33 Å². The highest BCUT2D eigenvalue weighted by atomic mass is 32.2. The summed E-state index contributed by atoms with van der Waals surface area (Å²) in [6.45, 7) is 7.05. The van der Waals surface area contributed by atoms with Crippen molar-refractivity contribution in [3.63, 3.8) is 0 Å². The van der Waals surface area contributed by atoms with Crippen LogP contribution >= 0.6 is 11.8 Å². The molecule has 28 heavy (non-hydrogen) atoms. The second-order valence-electron chi connectivity index (χ2n) is 6.56. The smallest absolute Gasteiger partial charge is 0.230 e. The van der Waals surface area contributed by atoms with E-state index < -0.39 is 0 Å². The Morgan fingerprint density at radius 1 is 1.14 bits per heavy atom. The Morgan fingerprint density at radius 3 is 2.79 bits per heavy atom. The first-order valence-electron chi connectivity index (χ1n) is 9.09. The number of ether oxygens (including phenoxy) is 1. The Bertz CT molecular complexity index is 955. The molecule has 3 rings (SSSR count). The number of carbonyl (C=O) groups is 1. The highest BCUT2D eigenvalue weighted by molar-refractivity contribution is 7.99. The molecule has 1 heterocycles. The molecule has 0 aliphatic heterocycles. The predicted molar refractivity (Wildman–Crippen MR) is 111 cm³/mol. The van der Waals surface area contributed by atoms with E-state index in [0.717, 1.165) is 17.0 Å². The van der Waals surface area contributed by atoms with Gasteiger partial charge in [0, 0.05) is 5.69 Å². The van der Waals surface area contributed by atoms with Crippen molar-refractivity contribution in [1.29, 1.82) is 0 Å². The van der Waals surface area contributed by atoms with Crippen molar-refractivity contribution < 1.29 is 9.53 Å². The predicted octanol–water partition coefficient (Wildman–Crippen LogP) is 3.48. The standard InChI is InChI=1S/C21H24N4O2S/c1-15-5-4-6-19(11-15)27-10-9-22-20(26)13-28-21-24-23-14-25(21)18-8-7-16(2)17(3)12-18/h4-8,11-12,14H,9-10,13H2,1-3H3,(H,22,26). The van der Waals surface area contributed by atoms with Crippen molar-refractivity contribution in [3.05, 3.63) is 65.5 Å². The molecule has 1 amide bonds. The maximum absolute atomic E-state index is 12.1. The number of nitrogens with one attached hydrogen (secondary N) is 1. The quantitative estimate of drug-likeness (QED) is 0.466. The number of hydrogen-bond acceptors (Lipinski definition) is 5. The summed E-state index contributed by atoms with van der Waals surface area (Å²) in [7, 11) is 0. The molecule has 0 saturated heterocycles. The van der Waals surface area contributed by atoms with E-state index in [9.17, 15) is 4.79 Å². The molecule has 0 fully saturated rings. The van der Waals surface area contributed by atoms with Crippen molar-refractivity contribution in [1.82, 2.24) is 20.1 Å². The van der Waals surface area contributed by atoms with Gasteiger partial charge in [-0.2, -0.15) is 0 Å². The van der Waals surface area contributed by atoms with Crippen molar-refractivity contribution in [2.24, 2.45) is 0 Å². The molecular weight excluding hydrogens is 372 g/mol. The summed E-state index contributed by atoms with van der Waals surface area (Å²) < 4.78 is 7.53. The van der Waals surface area contributed by atoms with Gasteiger partial charge in [-0.3, -0.25) is 9.36 Å². The van der Waals surface area contributed by atoms with Crippen molar-refractivity contribution in [2.45, 2.75) is 25.9 Å². The minimum Gasteiger partial charge on any atom is -0.492 e. The summed E-state index contributed by atoms with van der Waals surface area (Å²) in [5.41, 5.74) is 4.57. The molecule has 7 heteroatoms. The summed E-state index contributed by atoms with van der Waals surface area (Å²) in [4.78, 5) is 12.1. The molecule has 0 aliphatic rings. The number of aryl methyl sites for hydroxylation is 3.